The molecule has 1 saturated heterocycles. The minimum atomic E-state index is -3.57. The molecule has 1 aliphatic rings. The second-order valence-corrected chi connectivity index (χ2v) is 8.86. The molecule has 0 bridgehead atoms. The normalized spacial score (nSPS) is 18.4. The minimum absolute atomic E-state index is 0.0695. The van der Waals surface area contributed by atoms with Crippen molar-refractivity contribution in [2.24, 2.45) is 4.99 Å². The maximum atomic E-state index is 12.4. The monoisotopic (exact) mass is 442 g/mol. The van der Waals surface area contributed by atoms with Gasteiger partial charge in [-0.2, -0.15) is 0 Å². The zero-order chi connectivity index (χ0) is 21.8. The van der Waals surface area contributed by atoms with Gasteiger partial charge in [0.2, 0.25) is 10.0 Å². The van der Waals surface area contributed by atoms with Crippen LogP contribution in [0.5, 0.6) is 0 Å². The summed E-state index contributed by atoms with van der Waals surface area (Å²) in [6, 6.07) is 6.84. The second-order valence-electron chi connectivity index (χ2n) is 7.10. The molecule has 2 unspecified atom stereocenters. The zero-order valence-corrected chi connectivity index (χ0v) is 18.8. The van der Waals surface area contributed by atoms with Crippen LogP contribution < -0.4 is 15.4 Å². The zero-order valence-electron chi connectivity index (χ0n) is 18.0. The van der Waals surface area contributed by atoms with Gasteiger partial charge in [-0.05, 0) is 38.0 Å². The van der Waals surface area contributed by atoms with Crippen molar-refractivity contribution in [3.8, 4) is 0 Å². The predicted molar refractivity (Wildman–Crippen MR) is 116 cm³/mol. The van der Waals surface area contributed by atoms with Crippen LogP contribution in [0.3, 0.4) is 0 Å². The lowest BCUT2D eigenvalue weighted by Gasteiger charge is -2.19. The summed E-state index contributed by atoms with van der Waals surface area (Å²) in [4.78, 5) is 4.79. The molecular weight excluding hydrogens is 408 g/mol. The van der Waals surface area contributed by atoms with Crippen LogP contribution in [-0.2, 0) is 30.8 Å². The second kappa shape index (κ2) is 12.9. The van der Waals surface area contributed by atoms with Gasteiger partial charge in [-0.3, -0.25) is 0 Å². The van der Waals surface area contributed by atoms with Crippen molar-refractivity contribution in [2.45, 2.75) is 43.9 Å². The van der Waals surface area contributed by atoms with Gasteiger partial charge in [0, 0.05) is 32.8 Å². The molecular formula is C20H34N4O5S. The quantitative estimate of drug-likeness (QED) is 0.250. The van der Waals surface area contributed by atoms with Gasteiger partial charge in [-0.25, -0.2) is 18.1 Å². The van der Waals surface area contributed by atoms with E-state index in [1.807, 2.05) is 19.9 Å². The summed E-state index contributed by atoms with van der Waals surface area (Å²) < 4.78 is 43.3. The number of nitrogens with one attached hydrogen (secondary N) is 3. The number of ether oxygens (including phenoxy) is 3. The van der Waals surface area contributed by atoms with Gasteiger partial charge >= 0.3 is 0 Å². The van der Waals surface area contributed by atoms with E-state index in [0.29, 0.717) is 38.9 Å². The minimum Gasteiger partial charge on any atom is -0.383 e. The molecule has 0 aromatic heterocycles. The van der Waals surface area contributed by atoms with E-state index in [1.165, 1.54) is 7.11 Å². The van der Waals surface area contributed by atoms with Gasteiger partial charge in [-0.15, -0.1) is 0 Å². The highest BCUT2D eigenvalue weighted by atomic mass is 32.2. The van der Waals surface area contributed by atoms with E-state index in [2.05, 4.69) is 20.3 Å². The summed E-state index contributed by atoms with van der Waals surface area (Å²) in [6.45, 7) is 7.59. The van der Waals surface area contributed by atoms with Crippen LogP contribution in [0.2, 0.25) is 0 Å². The lowest BCUT2D eigenvalue weighted by atomic mass is 10.2. The van der Waals surface area contributed by atoms with E-state index >= 15 is 0 Å². The molecule has 9 nitrogen and oxygen atoms in total. The first-order valence-electron chi connectivity index (χ1n) is 10.3. The SMILES string of the molecule is CCNC(=NCc1cccc(S(=O)(=O)NCCOC)c1)NC(C)COC1CCOC1. The summed E-state index contributed by atoms with van der Waals surface area (Å²) >= 11 is 0. The number of guanidine groups is 1. The highest BCUT2D eigenvalue weighted by Crippen LogP contribution is 2.12. The molecule has 0 amide bonds. The predicted octanol–water partition coefficient (Wildman–Crippen LogP) is 0.860. The molecule has 2 atom stereocenters. The third kappa shape index (κ3) is 8.57. The topological polar surface area (TPSA) is 110 Å². The highest BCUT2D eigenvalue weighted by molar-refractivity contribution is 7.89. The molecule has 0 aliphatic carbocycles. The van der Waals surface area contributed by atoms with E-state index < -0.39 is 10.0 Å². The number of aliphatic imine (C=N–C) groups is 1. The Kier molecular flexibility index (Phi) is 10.5. The Hall–Kier alpha value is -1.72. The summed E-state index contributed by atoms with van der Waals surface area (Å²) in [5, 5.41) is 6.52. The van der Waals surface area contributed by atoms with Gasteiger partial charge in [0.1, 0.15) is 0 Å². The largest absolute Gasteiger partial charge is 0.383 e. The Morgan fingerprint density at radius 2 is 2.23 bits per heavy atom. The average Bonchev–Trinajstić information content (AvgIpc) is 3.25. The molecule has 1 aromatic rings. The molecule has 0 radical (unpaired) electrons. The number of hydrogen-bond donors (Lipinski definition) is 3. The summed E-state index contributed by atoms with van der Waals surface area (Å²) in [6.07, 6.45) is 1.09. The van der Waals surface area contributed by atoms with Gasteiger partial charge < -0.3 is 24.8 Å². The van der Waals surface area contributed by atoms with Gasteiger partial charge in [0.05, 0.1) is 37.4 Å². The van der Waals surface area contributed by atoms with Crippen LogP contribution in [0.25, 0.3) is 0 Å². The number of rotatable bonds is 12. The molecule has 170 valence electrons. The Labute approximate surface area is 179 Å². The van der Waals surface area contributed by atoms with Gasteiger partial charge in [-0.1, -0.05) is 12.1 Å². The third-order valence-electron chi connectivity index (χ3n) is 4.42. The fourth-order valence-electron chi connectivity index (χ4n) is 2.86. The molecule has 1 aliphatic heterocycles. The van der Waals surface area contributed by atoms with Crippen LogP contribution in [0, 0.1) is 0 Å². The molecule has 30 heavy (non-hydrogen) atoms. The molecule has 0 saturated carbocycles. The lowest BCUT2D eigenvalue weighted by Crippen LogP contribution is -2.44. The Balaban J connectivity index is 1.94. The van der Waals surface area contributed by atoms with Gasteiger partial charge in [0.25, 0.3) is 0 Å². The molecule has 3 N–H and O–H groups in total. The van der Waals surface area contributed by atoms with E-state index in [-0.39, 0.29) is 23.6 Å². The number of sulfonamides is 1. The Bertz CT molecular complexity index is 766. The van der Waals surface area contributed by atoms with Crippen LogP contribution >= 0.6 is 0 Å². The number of methoxy groups -OCH3 is 1. The molecule has 0 spiro atoms. The van der Waals surface area contributed by atoms with Gasteiger partial charge in [0.15, 0.2) is 5.96 Å². The van der Waals surface area contributed by atoms with Crippen LogP contribution in [-0.4, -0.2) is 73.1 Å². The van der Waals surface area contributed by atoms with Crippen molar-refractivity contribution in [1.82, 2.24) is 15.4 Å². The molecule has 10 heteroatoms. The van der Waals surface area contributed by atoms with Crippen LogP contribution in [0.1, 0.15) is 25.8 Å². The van der Waals surface area contributed by atoms with Crippen molar-refractivity contribution in [1.29, 1.82) is 0 Å². The average molecular weight is 443 g/mol. The van der Waals surface area contributed by atoms with E-state index in [9.17, 15) is 8.42 Å². The highest BCUT2D eigenvalue weighted by Gasteiger charge is 2.17. The molecule has 1 fully saturated rings. The molecule has 1 heterocycles. The third-order valence-corrected chi connectivity index (χ3v) is 5.88. The summed E-state index contributed by atoms with van der Waals surface area (Å²) in [5.74, 6) is 0.655. The lowest BCUT2D eigenvalue weighted by molar-refractivity contribution is 0.0347. The molecule has 1 aromatic carbocycles. The number of nitrogens with zero attached hydrogens (tertiary/aromatic N) is 1. The van der Waals surface area contributed by atoms with Crippen molar-refractivity contribution < 1.29 is 22.6 Å². The smallest absolute Gasteiger partial charge is 0.240 e. The van der Waals surface area contributed by atoms with Crippen molar-refractivity contribution in [3.63, 3.8) is 0 Å². The van der Waals surface area contributed by atoms with E-state index in [0.717, 1.165) is 18.6 Å². The van der Waals surface area contributed by atoms with E-state index in [1.54, 1.807) is 18.2 Å². The molecule has 2 rings (SSSR count). The maximum absolute atomic E-state index is 12.4. The maximum Gasteiger partial charge on any atom is 0.240 e. The standard InChI is InChI=1S/C20H34N4O5S/c1-4-21-20(24-16(2)14-29-18-8-10-28-15-18)22-13-17-6-5-7-19(12-17)30(25,26)23-9-11-27-3/h5-7,12,16,18,23H,4,8-11,13-15H2,1-3H3,(H2,21,22,24). The number of benzene rings is 1. The first kappa shape index (κ1) is 24.5. The summed E-state index contributed by atoms with van der Waals surface area (Å²) in [7, 11) is -2.05. The first-order valence-corrected chi connectivity index (χ1v) is 11.7. The Morgan fingerprint density at radius 3 is 2.93 bits per heavy atom. The van der Waals surface area contributed by atoms with Crippen LogP contribution in [0.4, 0.5) is 0 Å². The Morgan fingerprint density at radius 1 is 1.40 bits per heavy atom. The van der Waals surface area contributed by atoms with E-state index in [4.69, 9.17) is 14.2 Å². The number of hydrogen-bond acceptors (Lipinski definition) is 6. The van der Waals surface area contributed by atoms with Crippen molar-refractivity contribution in [3.05, 3.63) is 29.8 Å². The summed E-state index contributed by atoms with van der Waals surface area (Å²) in [5.41, 5.74) is 0.800. The van der Waals surface area contributed by atoms with Crippen molar-refractivity contribution >= 4 is 16.0 Å². The fraction of sp³-hybridized carbons (Fsp3) is 0.650. The fourth-order valence-corrected chi connectivity index (χ4v) is 3.95. The van der Waals surface area contributed by atoms with Crippen LogP contribution in [0.15, 0.2) is 34.2 Å². The van der Waals surface area contributed by atoms with Crippen molar-refractivity contribution in [2.75, 3.05) is 46.6 Å². The first-order chi connectivity index (χ1) is 14.4.